The van der Waals surface area contributed by atoms with E-state index in [1.165, 1.54) is 0 Å². The summed E-state index contributed by atoms with van der Waals surface area (Å²) in [4.78, 5) is 0. The van der Waals surface area contributed by atoms with E-state index in [-0.39, 0.29) is 6.61 Å². The Hall–Kier alpha value is -0.300. The van der Waals surface area contributed by atoms with Crippen LogP contribution in [-0.2, 0) is 0 Å². The van der Waals surface area contributed by atoms with Crippen molar-refractivity contribution < 1.29 is 5.11 Å². The molecule has 0 aliphatic carbocycles. The molecule has 0 saturated carbocycles. The maximum Gasteiger partial charge on any atom is 0.0459 e. The van der Waals surface area contributed by atoms with E-state index in [9.17, 15) is 0 Å². The van der Waals surface area contributed by atoms with Gasteiger partial charge < -0.3 is 5.11 Å². The average molecular weight is 127 g/mol. The molecule has 0 fully saturated rings. The molecule has 1 N–H and O–H groups in total. The van der Waals surface area contributed by atoms with Crippen molar-refractivity contribution in [3.63, 3.8) is 0 Å². The normalized spacial score (nSPS) is 14.6. The Balaban J connectivity index is 3.15. The third-order valence-corrected chi connectivity index (χ3v) is 1.18. The molecule has 0 bridgehead atoms. The van der Waals surface area contributed by atoms with Gasteiger partial charge in [-0.1, -0.05) is 19.1 Å². The van der Waals surface area contributed by atoms with Gasteiger partial charge in [0, 0.05) is 6.61 Å². The molecule has 1 radical (unpaired) electrons. The Bertz CT molecular complexity index is 76.6. The highest BCUT2D eigenvalue weighted by molar-refractivity contribution is 4.83. The molecule has 9 heavy (non-hydrogen) atoms. The lowest BCUT2D eigenvalue weighted by atomic mass is 10.1. The zero-order chi connectivity index (χ0) is 7.11. The lowest BCUT2D eigenvalue weighted by Gasteiger charge is -2.00. The number of hydrogen-bond acceptors (Lipinski definition) is 1. The fourth-order valence-electron chi connectivity index (χ4n) is 0.521. The predicted molar refractivity (Wildman–Crippen MR) is 40.0 cm³/mol. The van der Waals surface area contributed by atoms with E-state index in [1.54, 1.807) is 0 Å². The van der Waals surface area contributed by atoms with E-state index in [4.69, 9.17) is 5.11 Å². The Labute approximate surface area is 57.4 Å². The number of hydrogen-bond donors (Lipinski definition) is 1. The standard InChI is InChI=1S/C8H15O/c1-3-4-5-6-8(2)7-9/h4-5,8-9H,1,3,6-7H2,2H3/b5-4+. The fourth-order valence-corrected chi connectivity index (χ4v) is 0.521. The highest BCUT2D eigenvalue weighted by Gasteiger charge is 1.93. The molecule has 0 aromatic carbocycles. The summed E-state index contributed by atoms with van der Waals surface area (Å²) >= 11 is 0. The van der Waals surface area contributed by atoms with Crippen LogP contribution in [0.1, 0.15) is 19.8 Å². The second kappa shape index (κ2) is 5.83. The first-order valence-electron chi connectivity index (χ1n) is 3.36. The van der Waals surface area contributed by atoms with Gasteiger partial charge in [0.05, 0.1) is 0 Å². The highest BCUT2D eigenvalue weighted by Crippen LogP contribution is 2.00. The van der Waals surface area contributed by atoms with Crippen molar-refractivity contribution in [2.75, 3.05) is 6.61 Å². The number of allylic oxidation sites excluding steroid dienone is 2. The van der Waals surface area contributed by atoms with Crippen LogP contribution in [0.4, 0.5) is 0 Å². The summed E-state index contributed by atoms with van der Waals surface area (Å²) in [5.41, 5.74) is 0. The van der Waals surface area contributed by atoms with Crippen LogP contribution in [0.5, 0.6) is 0 Å². The van der Waals surface area contributed by atoms with Gasteiger partial charge in [-0.25, -0.2) is 0 Å². The van der Waals surface area contributed by atoms with Gasteiger partial charge in [0.25, 0.3) is 0 Å². The first kappa shape index (κ1) is 8.70. The van der Waals surface area contributed by atoms with Crippen LogP contribution in [0.3, 0.4) is 0 Å². The summed E-state index contributed by atoms with van der Waals surface area (Å²) in [5.74, 6) is 0.396. The van der Waals surface area contributed by atoms with Crippen LogP contribution in [0, 0.1) is 12.8 Å². The third kappa shape index (κ3) is 5.57. The van der Waals surface area contributed by atoms with Gasteiger partial charge in [0.1, 0.15) is 0 Å². The quantitative estimate of drug-likeness (QED) is 0.571. The maximum absolute atomic E-state index is 8.58. The van der Waals surface area contributed by atoms with Gasteiger partial charge >= 0.3 is 0 Å². The minimum atomic E-state index is 0.279. The lowest BCUT2D eigenvalue weighted by Crippen LogP contribution is -1.97. The Morgan fingerprint density at radius 3 is 2.67 bits per heavy atom. The highest BCUT2D eigenvalue weighted by atomic mass is 16.3. The lowest BCUT2D eigenvalue weighted by molar-refractivity contribution is 0.239. The zero-order valence-electron chi connectivity index (χ0n) is 6.01. The van der Waals surface area contributed by atoms with Crippen molar-refractivity contribution in [1.29, 1.82) is 0 Å². The third-order valence-electron chi connectivity index (χ3n) is 1.18. The maximum atomic E-state index is 8.58. The van der Waals surface area contributed by atoms with Crippen molar-refractivity contribution in [1.82, 2.24) is 0 Å². The smallest absolute Gasteiger partial charge is 0.0459 e. The van der Waals surface area contributed by atoms with Gasteiger partial charge in [-0.15, -0.1) is 0 Å². The molecule has 0 amide bonds. The average Bonchev–Trinajstić information content (AvgIpc) is 1.89. The first-order valence-corrected chi connectivity index (χ1v) is 3.36. The van der Waals surface area contributed by atoms with Gasteiger partial charge in [0.15, 0.2) is 0 Å². The monoisotopic (exact) mass is 127 g/mol. The van der Waals surface area contributed by atoms with Crippen molar-refractivity contribution in [2.24, 2.45) is 5.92 Å². The first-order chi connectivity index (χ1) is 4.31. The van der Waals surface area contributed by atoms with Gasteiger partial charge in [-0.2, -0.15) is 0 Å². The van der Waals surface area contributed by atoms with Gasteiger partial charge in [-0.3, -0.25) is 0 Å². The molecule has 0 aromatic rings. The van der Waals surface area contributed by atoms with Crippen molar-refractivity contribution in [2.45, 2.75) is 19.8 Å². The molecular formula is C8H15O. The molecule has 0 spiro atoms. The molecule has 0 saturated heterocycles. The molecule has 53 valence electrons. The molecule has 0 aliphatic rings. The summed E-state index contributed by atoms with van der Waals surface area (Å²) < 4.78 is 0. The van der Waals surface area contributed by atoms with E-state index in [0.717, 1.165) is 12.8 Å². The van der Waals surface area contributed by atoms with Crippen molar-refractivity contribution in [3.05, 3.63) is 19.1 Å². The van der Waals surface area contributed by atoms with E-state index >= 15 is 0 Å². The summed E-state index contributed by atoms with van der Waals surface area (Å²) in [6.07, 6.45) is 5.89. The molecule has 0 aliphatic heterocycles. The molecule has 1 heteroatoms. The SMILES string of the molecule is [CH2]C/C=C/CC(C)CO. The molecule has 0 rings (SSSR count). The predicted octanol–water partition coefficient (Wildman–Crippen LogP) is 1.79. The number of rotatable bonds is 4. The van der Waals surface area contributed by atoms with Crippen LogP contribution in [0.25, 0.3) is 0 Å². The van der Waals surface area contributed by atoms with Gasteiger partial charge in [-0.05, 0) is 25.7 Å². The minimum absolute atomic E-state index is 0.279. The molecule has 1 nitrogen and oxygen atoms in total. The Morgan fingerprint density at radius 2 is 2.22 bits per heavy atom. The summed E-state index contributed by atoms with van der Waals surface area (Å²) in [6.45, 7) is 5.96. The largest absolute Gasteiger partial charge is 0.396 e. The summed E-state index contributed by atoms with van der Waals surface area (Å²) in [6, 6.07) is 0. The fraction of sp³-hybridized carbons (Fsp3) is 0.625. The van der Waals surface area contributed by atoms with Crippen LogP contribution < -0.4 is 0 Å². The zero-order valence-corrected chi connectivity index (χ0v) is 6.01. The van der Waals surface area contributed by atoms with Gasteiger partial charge in [0.2, 0.25) is 0 Å². The molecule has 0 aromatic heterocycles. The van der Waals surface area contributed by atoms with Crippen molar-refractivity contribution in [3.8, 4) is 0 Å². The molecule has 1 atom stereocenters. The number of aliphatic hydroxyl groups excluding tert-OH is 1. The molecular weight excluding hydrogens is 112 g/mol. The minimum Gasteiger partial charge on any atom is -0.396 e. The van der Waals surface area contributed by atoms with E-state index in [0.29, 0.717) is 5.92 Å². The van der Waals surface area contributed by atoms with Crippen LogP contribution >= 0.6 is 0 Å². The molecule has 0 heterocycles. The van der Waals surface area contributed by atoms with Crippen LogP contribution in [0.2, 0.25) is 0 Å². The summed E-state index contributed by atoms with van der Waals surface area (Å²) in [7, 11) is 0. The van der Waals surface area contributed by atoms with E-state index in [1.807, 2.05) is 13.0 Å². The summed E-state index contributed by atoms with van der Waals surface area (Å²) in [5, 5.41) is 8.58. The number of aliphatic hydroxyl groups is 1. The second-order valence-electron chi connectivity index (χ2n) is 2.28. The van der Waals surface area contributed by atoms with E-state index in [2.05, 4.69) is 13.0 Å². The molecule has 1 unspecified atom stereocenters. The second-order valence-corrected chi connectivity index (χ2v) is 2.28. The van der Waals surface area contributed by atoms with Crippen molar-refractivity contribution >= 4 is 0 Å². The Morgan fingerprint density at radius 1 is 1.56 bits per heavy atom. The van der Waals surface area contributed by atoms with E-state index < -0.39 is 0 Å². The van der Waals surface area contributed by atoms with Crippen LogP contribution in [0.15, 0.2) is 12.2 Å². The van der Waals surface area contributed by atoms with Crippen LogP contribution in [-0.4, -0.2) is 11.7 Å². The Kier molecular flexibility index (Phi) is 5.64. The topological polar surface area (TPSA) is 20.2 Å².